The zero-order valence-corrected chi connectivity index (χ0v) is 18.8. The highest BCUT2D eigenvalue weighted by molar-refractivity contribution is 7.88. The minimum atomic E-state index is -3.39. The van der Waals surface area contributed by atoms with Crippen molar-refractivity contribution in [3.63, 3.8) is 0 Å². The van der Waals surface area contributed by atoms with E-state index in [0.717, 1.165) is 35.3 Å². The van der Waals surface area contributed by atoms with Crippen LogP contribution in [-0.2, 0) is 33.4 Å². The number of rotatable bonds is 7. The lowest BCUT2D eigenvalue weighted by molar-refractivity contribution is -0.117. The van der Waals surface area contributed by atoms with Crippen LogP contribution >= 0.6 is 11.3 Å². The van der Waals surface area contributed by atoms with E-state index in [9.17, 15) is 18.0 Å². The van der Waals surface area contributed by atoms with Crippen molar-refractivity contribution >= 4 is 38.2 Å². The predicted molar refractivity (Wildman–Crippen MR) is 121 cm³/mol. The SMILES string of the molecule is NC(=O)c1c(NC(=O)CN2CCN(S(=O)(=O)Cc3ccccc3)CC2)sc2c1CCC2. The first-order chi connectivity index (χ1) is 14.8. The van der Waals surface area contributed by atoms with Gasteiger partial charge in [0.1, 0.15) is 5.00 Å². The van der Waals surface area contributed by atoms with Crippen molar-refractivity contribution in [3.05, 3.63) is 51.9 Å². The lowest BCUT2D eigenvalue weighted by Crippen LogP contribution is -2.50. The van der Waals surface area contributed by atoms with Crippen LogP contribution < -0.4 is 11.1 Å². The first-order valence-electron chi connectivity index (χ1n) is 10.3. The van der Waals surface area contributed by atoms with Gasteiger partial charge in [-0.25, -0.2) is 8.42 Å². The molecule has 0 atom stereocenters. The zero-order valence-electron chi connectivity index (χ0n) is 17.2. The van der Waals surface area contributed by atoms with Crippen molar-refractivity contribution in [1.29, 1.82) is 0 Å². The molecule has 0 radical (unpaired) electrons. The summed E-state index contributed by atoms with van der Waals surface area (Å²) in [4.78, 5) is 27.5. The first kappa shape index (κ1) is 21.9. The van der Waals surface area contributed by atoms with Crippen LogP contribution in [0.25, 0.3) is 0 Å². The Bertz CT molecular complexity index is 1070. The molecule has 1 aliphatic carbocycles. The van der Waals surface area contributed by atoms with Gasteiger partial charge in [0.05, 0.1) is 17.9 Å². The summed E-state index contributed by atoms with van der Waals surface area (Å²) in [5.74, 6) is -0.747. The Hall–Kier alpha value is -2.27. The zero-order chi connectivity index (χ0) is 22.0. The second-order valence-corrected chi connectivity index (χ2v) is 11.0. The molecule has 1 saturated heterocycles. The molecule has 1 aliphatic heterocycles. The molecule has 1 aromatic carbocycles. The first-order valence-corrected chi connectivity index (χ1v) is 12.7. The smallest absolute Gasteiger partial charge is 0.251 e. The van der Waals surface area contributed by atoms with E-state index in [2.05, 4.69) is 5.32 Å². The lowest BCUT2D eigenvalue weighted by Gasteiger charge is -2.33. The summed E-state index contributed by atoms with van der Waals surface area (Å²) >= 11 is 1.43. The topological polar surface area (TPSA) is 113 Å². The number of hydrogen-bond acceptors (Lipinski definition) is 6. The molecule has 0 saturated carbocycles. The van der Waals surface area contributed by atoms with Gasteiger partial charge in [-0.15, -0.1) is 11.3 Å². The maximum atomic E-state index is 12.7. The average molecular weight is 463 g/mol. The molecule has 4 rings (SSSR count). The number of thiophene rings is 1. The number of nitrogens with one attached hydrogen (secondary N) is 1. The van der Waals surface area contributed by atoms with Crippen LogP contribution in [0, 0.1) is 0 Å². The van der Waals surface area contributed by atoms with Gasteiger partial charge in [0.15, 0.2) is 0 Å². The summed E-state index contributed by atoms with van der Waals surface area (Å²) in [5.41, 5.74) is 7.73. The third-order valence-corrected chi connectivity index (χ3v) is 8.76. The summed E-state index contributed by atoms with van der Waals surface area (Å²) < 4.78 is 26.9. The highest BCUT2D eigenvalue weighted by Crippen LogP contribution is 2.38. The van der Waals surface area contributed by atoms with E-state index < -0.39 is 15.9 Å². The van der Waals surface area contributed by atoms with Crippen LogP contribution in [0.5, 0.6) is 0 Å². The third kappa shape index (κ3) is 4.98. The second kappa shape index (κ2) is 9.07. The van der Waals surface area contributed by atoms with Crippen LogP contribution in [0.3, 0.4) is 0 Å². The molecular weight excluding hydrogens is 436 g/mol. The number of carbonyl (C=O) groups excluding carboxylic acids is 2. The summed E-state index contributed by atoms with van der Waals surface area (Å²) in [6.45, 7) is 1.80. The number of primary amides is 1. The Balaban J connectivity index is 1.31. The number of anilines is 1. The highest BCUT2D eigenvalue weighted by atomic mass is 32.2. The summed E-state index contributed by atoms with van der Waals surface area (Å²) in [6, 6.07) is 9.12. The van der Waals surface area contributed by atoms with Gasteiger partial charge in [-0.2, -0.15) is 4.31 Å². The standard InChI is InChI=1S/C21H26N4O4S2/c22-20(27)19-16-7-4-8-17(16)30-21(19)23-18(26)13-24-9-11-25(12-10-24)31(28,29)14-15-5-2-1-3-6-15/h1-3,5-6H,4,7-14H2,(H2,22,27)(H,23,26). The number of amides is 2. The Morgan fingerprint density at radius 2 is 1.77 bits per heavy atom. The van der Waals surface area contributed by atoms with E-state index >= 15 is 0 Å². The molecule has 2 aliphatic rings. The normalized spacial score (nSPS) is 17.4. The van der Waals surface area contributed by atoms with E-state index in [-0.39, 0.29) is 18.2 Å². The van der Waals surface area contributed by atoms with Crippen LogP contribution in [0.4, 0.5) is 5.00 Å². The largest absolute Gasteiger partial charge is 0.365 e. The summed E-state index contributed by atoms with van der Waals surface area (Å²) in [5, 5.41) is 3.38. The molecule has 2 aromatic rings. The van der Waals surface area contributed by atoms with Gasteiger partial charge < -0.3 is 11.1 Å². The van der Waals surface area contributed by atoms with Gasteiger partial charge in [-0.05, 0) is 30.4 Å². The number of benzene rings is 1. The van der Waals surface area contributed by atoms with E-state index in [1.165, 1.54) is 15.6 Å². The fraction of sp³-hybridized carbons (Fsp3) is 0.429. The Kier molecular flexibility index (Phi) is 6.42. The second-order valence-electron chi connectivity index (χ2n) is 7.89. The van der Waals surface area contributed by atoms with Crippen molar-refractivity contribution in [2.45, 2.75) is 25.0 Å². The number of nitrogens with zero attached hydrogens (tertiary/aromatic N) is 2. The van der Waals surface area contributed by atoms with E-state index in [0.29, 0.717) is 36.7 Å². The number of hydrogen-bond donors (Lipinski definition) is 2. The number of nitrogens with two attached hydrogens (primary N) is 1. The minimum Gasteiger partial charge on any atom is -0.365 e. The monoisotopic (exact) mass is 462 g/mol. The molecule has 8 nitrogen and oxygen atoms in total. The van der Waals surface area contributed by atoms with Gasteiger partial charge in [-0.1, -0.05) is 30.3 Å². The van der Waals surface area contributed by atoms with Crippen molar-refractivity contribution in [2.75, 3.05) is 38.0 Å². The Morgan fingerprint density at radius 1 is 1.06 bits per heavy atom. The number of carbonyl (C=O) groups is 2. The molecule has 0 bridgehead atoms. The van der Waals surface area contributed by atoms with Gasteiger partial charge in [0, 0.05) is 31.1 Å². The molecule has 1 aromatic heterocycles. The third-order valence-electron chi connectivity index (χ3n) is 5.70. The summed E-state index contributed by atoms with van der Waals surface area (Å²) in [7, 11) is -3.39. The highest BCUT2D eigenvalue weighted by Gasteiger charge is 2.29. The number of sulfonamides is 1. The number of fused-ring (bicyclic) bond motifs is 1. The maximum absolute atomic E-state index is 12.7. The predicted octanol–water partition coefficient (Wildman–Crippen LogP) is 1.42. The Morgan fingerprint density at radius 3 is 2.45 bits per heavy atom. The molecule has 1 fully saturated rings. The fourth-order valence-electron chi connectivity index (χ4n) is 4.16. The van der Waals surface area contributed by atoms with Crippen LogP contribution in [0.15, 0.2) is 30.3 Å². The van der Waals surface area contributed by atoms with E-state index in [1.54, 1.807) is 12.1 Å². The molecule has 2 amide bonds. The molecule has 0 spiro atoms. The van der Waals surface area contributed by atoms with Gasteiger partial charge in [0.2, 0.25) is 15.9 Å². The van der Waals surface area contributed by atoms with Crippen LogP contribution in [0.1, 0.15) is 32.8 Å². The van der Waals surface area contributed by atoms with Crippen molar-refractivity contribution < 1.29 is 18.0 Å². The molecule has 166 valence electrons. The fourth-order valence-corrected chi connectivity index (χ4v) is 6.99. The maximum Gasteiger partial charge on any atom is 0.251 e. The average Bonchev–Trinajstić information content (AvgIpc) is 3.29. The molecule has 2 heterocycles. The van der Waals surface area contributed by atoms with E-state index in [4.69, 9.17) is 5.73 Å². The molecule has 10 heteroatoms. The summed E-state index contributed by atoms with van der Waals surface area (Å²) in [6.07, 6.45) is 2.74. The van der Waals surface area contributed by atoms with Gasteiger partial charge in [-0.3, -0.25) is 14.5 Å². The number of piperazine rings is 1. The van der Waals surface area contributed by atoms with Gasteiger partial charge >= 0.3 is 0 Å². The molecule has 0 unspecified atom stereocenters. The number of aryl methyl sites for hydroxylation is 1. The van der Waals surface area contributed by atoms with Gasteiger partial charge in [0.25, 0.3) is 5.91 Å². The van der Waals surface area contributed by atoms with Crippen LogP contribution in [0.2, 0.25) is 0 Å². The molecule has 3 N–H and O–H groups in total. The quantitative estimate of drug-likeness (QED) is 0.646. The van der Waals surface area contributed by atoms with Crippen molar-refractivity contribution in [1.82, 2.24) is 9.21 Å². The van der Waals surface area contributed by atoms with Crippen LogP contribution in [-0.4, -0.2) is 62.2 Å². The molecular formula is C21H26N4O4S2. The Labute approximate surface area is 186 Å². The molecule has 31 heavy (non-hydrogen) atoms. The van der Waals surface area contributed by atoms with Crippen molar-refractivity contribution in [3.8, 4) is 0 Å². The van der Waals surface area contributed by atoms with E-state index in [1.807, 2.05) is 23.1 Å². The van der Waals surface area contributed by atoms with Crippen molar-refractivity contribution in [2.24, 2.45) is 5.73 Å². The lowest BCUT2D eigenvalue weighted by atomic mass is 10.1. The minimum absolute atomic E-state index is 0.0206.